The summed E-state index contributed by atoms with van der Waals surface area (Å²) >= 11 is 7.81. The van der Waals surface area contributed by atoms with Crippen molar-refractivity contribution in [3.05, 3.63) is 28.2 Å². The van der Waals surface area contributed by atoms with E-state index in [1.807, 2.05) is 0 Å². The normalized spacial score (nSPS) is 11.3. The van der Waals surface area contributed by atoms with Crippen LogP contribution in [-0.2, 0) is 11.2 Å². The second-order valence-corrected chi connectivity index (χ2v) is 4.44. The molecule has 0 aliphatic heterocycles. The van der Waals surface area contributed by atoms with Gasteiger partial charge in [0.05, 0.1) is 7.11 Å². The van der Waals surface area contributed by atoms with Crippen LogP contribution in [0, 0.1) is 0 Å². The van der Waals surface area contributed by atoms with Gasteiger partial charge in [0.2, 0.25) is 5.78 Å². The molecule has 0 atom stereocenters. The topological polar surface area (TPSA) is 26.3 Å². The highest BCUT2D eigenvalue weighted by molar-refractivity contribution is 9.10. The Balaban J connectivity index is 2.96. The lowest BCUT2D eigenvalue weighted by Gasteiger charge is -2.10. The Labute approximate surface area is 105 Å². The van der Waals surface area contributed by atoms with E-state index in [1.54, 1.807) is 18.2 Å². The molecule has 0 N–H and O–H groups in total. The van der Waals surface area contributed by atoms with E-state index in [1.165, 1.54) is 7.11 Å². The lowest BCUT2D eigenvalue weighted by Crippen LogP contribution is -2.23. The van der Waals surface area contributed by atoms with Gasteiger partial charge in [-0.15, -0.1) is 0 Å². The summed E-state index contributed by atoms with van der Waals surface area (Å²) in [6.45, 7) is 0. The molecular weight excluding hydrogens is 305 g/mol. The maximum atomic E-state index is 12.5. The summed E-state index contributed by atoms with van der Waals surface area (Å²) in [6.07, 6.45) is -0.473. The lowest BCUT2D eigenvalue weighted by atomic mass is 10.1. The van der Waals surface area contributed by atoms with Gasteiger partial charge in [0.15, 0.2) is 0 Å². The highest BCUT2D eigenvalue weighted by Gasteiger charge is 2.35. The minimum absolute atomic E-state index is 0.363. The number of benzene rings is 1. The van der Waals surface area contributed by atoms with Crippen LogP contribution in [0.2, 0.25) is 0 Å². The zero-order valence-electron chi connectivity index (χ0n) is 8.27. The van der Waals surface area contributed by atoms with Gasteiger partial charge in [0.1, 0.15) is 5.75 Å². The summed E-state index contributed by atoms with van der Waals surface area (Å²) in [5.41, 5.74) is 0.363. The van der Waals surface area contributed by atoms with Gasteiger partial charge in [-0.25, -0.2) is 0 Å². The number of carbonyl (C=O) groups is 1. The first-order valence-corrected chi connectivity index (χ1v) is 5.44. The van der Waals surface area contributed by atoms with Gasteiger partial charge in [0.25, 0.3) is 0 Å². The lowest BCUT2D eigenvalue weighted by molar-refractivity contribution is -0.132. The fourth-order valence-electron chi connectivity index (χ4n) is 1.16. The van der Waals surface area contributed by atoms with Crippen LogP contribution in [0.15, 0.2) is 22.7 Å². The van der Waals surface area contributed by atoms with Crippen molar-refractivity contribution < 1.29 is 18.3 Å². The van der Waals surface area contributed by atoms with Crippen LogP contribution < -0.4 is 4.74 Å². The molecule has 88 valence electrons. The van der Waals surface area contributed by atoms with Crippen LogP contribution in [0.1, 0.15) is 5.56 Å². The Kier molecular flexibility index (Phi) is 4.27. The Bertz CT molecular complexity index is 404. The Morgan fingerprint density at radius 3 is 2.69 bits per heavy atom. The third kappa shape index (κ3) is 3.42. The number of ketones is 1. The molecule has 0 amide bonds. The second-order valence-electron chi connectivity index (χ2n) is 3.05. The molecule has 0 saturated carbocycles. The average molecular weight is 314 g/mol. The van der Waals surface area contributed by atoms with Gasteiger partial charge < -0.3 is 4.74 Å². The molecule has 0 spiro atoms. The van der Waals surface area contributed by atoms with Crippen molar-refractivity contribution in [1.82, 2.24) is 0 Å². The maximum Gasteiger partial charge on any atom is 0.380 e. The number of Topliss-reactive ketones (excluding diaryl/α,β-unsaturated/α-hetero) is 1. The SMILES string of the molecule is COc1ccc(Br)cc1CC(=O)C(F)(F)Cl. The Morgan fingerprint density at radius 1 is 1.56 bits per heavy atom. The molecule has 0 aliphatic carbocycles. The summed E-state index contributed by atoms with van der Waals surface area (Å²) in [6, 6.07) is 4.81. The van der Waals surface area contributed by atoms with Gasteiger partial charge in [-0.1, -0.05) is 15.9 Å². The number of alkyl halides is 3. The van der Waals surface area contributed by atoms with Crippen molar-refractivity contribution in [2.24, 2.45) is 0 Å². The summed E-state index contributed by atoms with van der Waals surface area (Å²) in [5.74, 6) is -0.983. The molecule has 0 saturated heterocycles. The standard InChI is InChI=1S/C10H8BrClF2O2/c1-16-8-3-2-7(11)4-6(8)5-9(15)10(12,13)14/h2-4H,5H2,1H3. The van der Waals surface area contributed by atoms with Crippen LogP contribution >= 0.6 is 27.5 Å². The van der Waals surface area contributed by atoms with Crippen molar-refractivity contribution in [2.75, 3.05) is 7.11 Å². The van der Waals surface area contributed by atoms with E-state index in [4.69, 9.17) is 4.74 Å². The van der Waals surface area contributed by atoms with Gasteiger partial charge in [-0.2, -0.15) is 8.78 Å². The van der Waals surface area contributed by atoms with E-state index in [-0.39, 0.29) is 0 Å². The van der Waals surface area contributed by atoms with Crippen molar-refractivity contribution in [1.29, 1.82) is 0 Å². The molecule has 1 rings (SSSR count). The third-order valence-corrected chi connectivity index (χ3v) is 2.61. The fraction of sp³-hybridized carbons (Fsp3) is 0.300. The molecule has 0 bridgehead atoms. The summed E-state index contributed by atoms with van der Waals surface area (Å²) in [4.78, 5) is 11.1. The Morgan fingerprint density at radius 2 is 2.19 bits per heavy atom. The molecule has 16 heavy (non-hydrogen) atoms. The molecule has 2 nitrogen and oxygen atoms in total. The van der Waals surface area contributed by atoms with Crippen LogP contribution in [-0.4, -0.2) is 18.3 Å². The number of carbonyl (C=O) groups excluding carboxylic acids is 1. The number of hydrogen-bond donors (Lipinski definition) is 0. The third-order valence-electron chi connectivity index (χ3n) is 1.91. The van der Waals surface area contributed by atoms with E-state index < -0.39 is 17.6 Å². The summed E-state index contributed by atoms with van der Waals surface area (Å²) in [7, 11) is 1.40. The van der Waals surface area contributed by atoms with Crippen LogP contribution in [0.5, 0.6) is 5.75 Å². The van der Waals surface area contributed by atoms with E-state index in [0.717, 1.165) is 0 Å². The first-order chi connectivity index (χ1) is 7.34. The number of rotatable bonds is 4. The monoisotopic (exact) mass is 312 g/mol. The van der Waals surface area contributed by atoms with Gasteiger partial charge in [0, 0.05) is 16.5 Å². The van der Waals surface area contributed by atoms with Gasteiger partial charge in [-0.3, -0.25) is 4.79 Å². The molecule has 1 aromatic carbocycles. The van der Waals surface area contributed by atoms with Gasteiger partial charge >= 0.3 is 5.38 Å². The number of methoxy groups -OCH3 is 1. The van der Waals surface area contributed by atoms with Crippen LogP contribution in [0.25, 0.3) is 0 Å². The fourth-order valence-corrected chi connectivity index (χ4v) is 1.63. The quantitative estimate of drug-likeness (QED) is 0.796. The molecule has 1 aromatic rings. The van der Waals surface area contributed by atoms with Crippen molar-refractivity contribution >= 4 is 33.3 Å². The molecule has 0 aliphatic rings. The van der Waals surface area contributed by atoms with Gasteiger partial charge in [-0.05, 0) is 29.8 Å². The Hall–Kier alpha value is -0.680. The van der Waals surface area contributed by atoms with E-state index in [9.17, 15) is 13.6 Å². The van der Waals surface area contributed by atoms with Crippen molar-refractivity contribution in [2.45, 2.75) is 11.8 Å². The summed E-state index contributed by atoms with van der Waals surface area (Å²) in [5, 5.41) is -3.84. The zero-order valence-corrected chi connectivity index (χ0v) is 10.6. The molecule has 0 unspecified atom stereocenters. The predicted molar refractivity (Wildman–Crippen MR) is 60.2 cm³/mol. The van der Waals surface area contributed by atoms with Crippen molar-refractivity contribution in [3.8, 4) is 5.75 Å². The minimum Gasteiger partial charge on any atom is -0.496 e. The smallest absolute Gasteiger partial charge is 0.380 e. The molecule has 0 radical (unpaired) electrons. The molecule has 0 fully saturated rings. The average Bonchev–Trinajstić information content (AvgIpc) is 2.16. The zero-order chi connectivity index (χ0) is 12.3. The second kappa shape index (κ2) is 5.10. The summed E-state index contributed by atoms with van der Waals surface area (Å²) < 4.78 is 30.6. The maximum absolute atomic E-state index is 12.5. The van der Waals surface area contributed by atoms with Crippen LogP contribution in [0.4, 0.5) is 8.78 Å². The molecular formula is C10H8BrClF2O2. The highest BCUT2D eigenvalue weighted by Crippen LogP contribution is 2.27. The largest absolute Gasteiger partial charge is 0.496 e. The first-order valence-electron chi connectivity index (χ1n) is 4.27. The molecule has 6 heteroatoms. The molecule has 0 aromatic heterocycles. The van der Waals surface area contributed by atoms with E-state index >= 15 is 0 Å². The van der Waals surface area contributed by atoms with E-state index in [2.05, 4.69) is 27.5 Å². The number of hydrogen-bond acceptors (Lipinski definition) is 2. The van der Waals surface area contributed by atoms with E-state index in [0.29, 0.717) is 15.8 Å². The first kappa shape index (κ1) is 13.4. The minimum atomic E-state index is -3.84. The number of ether oxygens (including phenoxy) is 1. The predicted octanol–water partition coefficient (Wildman–Crippen LogP) is 3.40. The highest BCUT2D eigenvalue weighted by atomic mass is 79.9. The number of halogens is 4. The van der Waals surface area contributed by atoms with Crippen LogP contribution in [0.3, 0.4) is 0 Å². The molecule has 0 heterocycles. The van der Waals surface area contributed by atoms with Crippen molar-refractivity contribution in [3.63, 3.8) is 0 Å².